The summed E-state index contributed by atoms with van der Waals surface area (Å²) >= 11 is 0. The molecule has 22 heavy (non-hydrogen) atoms. The first-order valence-electron chi connectivity index (χ1n) is 7.54. The smallest absolute Gasteiger partial charge is 0.411 e. The van der Waals surface area contributed by atoms with Gasteiger partial charge in [-0.05, 0) is 40.7 Å². The standard InChI is InChI=1S/C17H30N2O3/c1-8-11-12-15(21-7)13-18(9-2)14-19(10-3)16(20)22-17(4,5)6/h8,11-13H,1,9-10,14H2,2-7H3/b12-11-,15-13+. The molecule has 0 atom stereocenters. The number of rotatable bonds is 8. The minimum absolute atomic E-state index is 0.317. The van der Waals surface area contributed by atoms with Crippen molar-refractivity contribution in [1.82, 2.24) is 9.80 Å². The Balaban J connectivity index is 4.94. The average molecular weight is 310 g/mol. The molecule has 0 bridgehead atoms. The van der Waals surface area contributed by atoms with Gasteiger partial charge in [-0.1, -0.05) is 18.7 Å². The highest BCUT2D eigenvalue weighted by Crippen LogP contribution is 2.11. The molecule has 0 aliphatic rings. The monoisotopic (exact) mass is 310 g/mol. The van der Waals surface area contributed by atoms with E-state index in [9.17, 15) is 4.79 Å². The second kappa shape index (κ2) is 9.92. The van der Waals surface area contributed by atoms with E-state index in [1.165, 1.54) is 0 Å². The van der Waals surface area contributed by atoms with Gasteiger partial charge in [0.15, 0.2) is 0 Å². The SMILES string of the molecule is C=C/C=C\C(=C/N(CC)CN(CC)C(=O)OC(C)(C)C)OC. The topological polar surface area (TPSA) is 42.0 Å². The minimum Gasteiger partial charge on any atom is -0.495 e. The maximum Gasteiger partial charge on any atom is 0.411 e. The zero-order chi connectivity index (χ0) is 17.2. The number of nitrogens with zero attached hydrogens (tertiary/aromatic N) is 2. The highest BCUT2D eigenvalue weighted by molar-refractivity contribution is 5.68. The first kappa shape index (κ1) is 20.1. The van der Waals surface area contributed by atoms with Crippen molar-refractivity contribution in [2.45, 2.75) is 40.2 Å². The fraction of sp³-hybridized carbons (Fsp3) is 0.588. The molecule has 0 fully saturated rings. The van der Waals surface area contributed by atoms with E-state index in [1.807, 2.05) is 51.8 Å². The lowest BCUT2D eigenvalue weighted by Gasteiger charge is -2.30. The van der Waals surface area contributed by atoms with Gasteiger partial charge in [-0.3, -0.25) is 4.90 Å². The van der Waals surface area contributed by atoms with Crippen LogP contribution in [0.15, 0.2) is 36.8 Å². The van der Waals surface area contributed by atoms with Crippen LogP contribution < -0.4 is 0 Å². The van der Waals surface area contributed by atoms with Crippen LogP contribution in [0.3, 0.4) is 0 Å². The van der Waals surface area contributed by atoms with Crippen molar-refractivity contribution in [3.8, 4) is 0 Å². The summed E-state index contributed by atoms with van der Waals surface area (Å²) in [5.41, 5.74) is -0.498. The average Bonchev–Trinajstić information content (AvgIpc) is 2.44. The van der Waals surface area contributed by atoms with Crippen LogP contribution in [0.5, 0.6) is 0 Å². The molecule has 0 aromatic heterocycles. The van der Waals surface area contributed by atoms with Gasteiger partial charge in [-0.25, -0.2) is 4.79 Å². The molecule has 0 radical (unpaired) electrons. The lowest BCUT2D eigenvalue weighted by molar-refractivity contribution is 0.0179. The van der Waals surface area contributed by atoms with Gasteiger partial charge in [0.1, 0.15) is 11.4 Å². The molecule has 0 aromatic carbocycles. The summed E-state index contributed by atoms with van der Waals surface area (Å²) in [4.78, 5) is 15.8. The van der Waals surface area contributed by atoms with Crippen molar-refractivity contribution < 1.29 is 14.3 Å². The fourth-order valence-corrected chi connectivity index (χ4v) is 1.57. The number of methoxy groups -OCH3 is 1. The molecule has 1 amide bonds. The van der Waals surface area contributed by atoms with Crippen molar-refractivity contribution in [1.29, 1.82) is 0 Å². The zero-order valence-corrected chi connectivity index (χ0v) is 14.8. The second-order valence-corrected chi connectivity index (χ2v) is 5.71. The third-order valence-electron chi connectivity index (χ3n) is 2.73. The van der Waals surface area contributed by atoms with Crippen molar-refractivity contribution in [2.24, 2.45) is 0 Å². The lowest BCUT2D eigenvalue weighted by Crippen LogP contribution is -2.42. The van der Waals surface area contributed by atoms with Gasteiger partial charge in [-0.2, -0.15) is 0 Å². The number of hydrogen-bond donors (Lipinski definition) is 0. The number of carbonyl (C=O) groups is 1. The predicted octanol–water partition coefficient (Wildman–Crippen LogP) is 3.75. The van der Waals surface area contributed by atoms with Crippen LogP contribution >= 0.6 is 0 Å². The van der Waals surface area contributed by atoms with E-state index in [0.717, 1.165) is 6.54 Å². The Bertz CT molecular complexity index is 409. The Labute approximate surface area is 134 Å². The molecule has 5 nitrogen and oxygen atoms in total. The van der Waals surface area contributed by atoms with Crippen molar-refractivity contribution >= 4 is 6.09 Å². The van der Waals surface area contributed by atoms with E-state index in [4.69, 9.17) is 9.47 Å². The minimum atomic E-state index is -0.498. The van der Waals surface area contributed by atoms with Gasteiger partial charge in [0.2, 0.25) is 0 Å². The highest BCUT2D eigenvalue weighted by Gasteiger charge is 2.21. The van der Waals surface area contributed by atoms with Crippen LogP contribution in [-0.2, 0) is 9.47 Å². The number of amides is 1. The molecule has 0 unspecified atom stereocenters. The lowest BCUT2D eigenvalue weighted by atomic mass is 10.2. The van der Waals surface area contributed by atoms with Crippen LogP contribution in [0.2, 0.25) is 0 Å². The predicted molar refractivity (Wildman–Crippen MR) is 90.3 cm³/mol. The Morgan fingerprint density at radius 2 is 1.86 bits per heavy atom. The molecule has 126 valence electrons. The number of carbonyl (C=O) groups excluding carboxylic acids is 1. The van der Waals surface area contributed by atoms with E-state index >= 15 is 0 Å². The van der Waals surface area contributed by atoms with Crippen LogP contribution in [0.1, 0.15) is 34.6 Å². The molecule has 0 saturated heterocycles. The maximum atomic E-state index is 12.2. The normalized spacial score (nSPS) is 12.2. The number of hydrogen-bond acceptors (Lipinski definition) is 4. The molecule has 0 aliphatic heterocycles. The Hall–Kier alpha value is -1.91. The van der Waals surface area contributed by atoms with Gasteiger partial charge in [0.25, 0.3) is 0 Å². The van der Waals surface area contributed by atoms with E-state index in [0.29, 0.717) is 19.0 Å². The van der Waals surface area contributed by atoms with Gasteiger partial charge in [-0.15, -0.1) is 0 Å². The summed E-state index contributed by atoms with van der Waals surface area (Å²) in [6.07, 6.45) is 6.85. The van der Waals surface area contributed by atoms with Crippen LogP contribution in [0, 0.1) is 0 Å². The maximum absolute atomic E-state index is 12.2. The largest absolute Gasteiger partial charge is 0.495 e. The summed E-state index contributed by atoms with van der Waals surface area (Å²) in [6, 6.07) is 0. The first-order valence-corrected chi connectivity index (χ1v) is 7.54. The van der Waals surface area contributed by atoms with Crippen LogP contribution in [-0.4, -0.2) is 48.4 Å². The van der Waals surface area contributed by atoms with Crippen molar-refractivity contribution in [3.05, 3.63) is 36.8 Å². The highest BCUT2D eigenvalue weighted by atomic mass is 16.6. The molecule has 0 rings (SSSR count). The summed E-state index contributed by atoms with van der Waals surface area (Å²) < 4.78 is 10.7. The Morgan fingerprint density at radius 1 is 1.23 bits per heavy atom. The molecule has 0 aromatic rings. The Morgan fingerprint density at radius 3 is 2.27 bits per heavy atom. The molecule has 5 heteroatoms. The number of ether oxygens (including phenoxy) is 2. The first-order chi connectivity index (χ1) is 10.3. The quantitative estimate of drug-likeness (QED) is 0.389. The van der Waals surface area contributed by atoms with E-state index in [-0.39, 0.29) is 6.09 Å². The summed E-state index contributed by atoms with van der Waals surface area (Å²) in [5.74, 6) is 0.696. The van der Waals surface area contributed by atoms with E-state index in [2.05, 4.69) is 6.58 Å². The third-order valence-corrected chi connectivity index (χ3v) is 2.73. The van der Waals surface area contributed by atoms with Crippen LogP contribution in [0.4, 0.5) is 4.79 Å². The van der Waals surface area contributed by atoms with Gasteiger partial charge in [0, 0.05) is 19.3 Å². The van der Waals surface area contributed by atoms with Gasteiger partial charge < -0.3 is 14.4 Å². The summed E-state index contributed by atoms with van der Waals surface area (Å²) in [5, 5.41) is 0. The molecular weight excluding hydrogens is 280 g/mol. The fourth-order valence-electron chi connectivity index (χ4n) is 1.57. The van der Waals surface area contributed by atoms with Crippen LogP contribution in [0.25, 0.3) is 0 Å². The summed E-state index contributed by atoms with van der Waals surface area (Å²) in [6.45, 7) is 14.9. The third kappa shape index (κ3) is 8.39. The van der Waals surface area contributed by atoms with E-state index in [1.54, 1.807) is 24.2 Å². The van der Waals surface area contributed by atoms with Gasteiger partial charge >= 0.3 is 6.09 Å². The van der Waals surface area contributed by atoms with E-state index < -0.39 is 5.60 Å². The molecule has 0 aliphatic carbocycles. The summed E-state index contributed by atoms with van der Waals surface area (Å²) in [7, 11) is 1.61. The zero-order valence-electron chi connectivity index (χ0n) is 14.8. The van der Waals surface area contributed by atoms with Gasteiger partial charge in [0.05, 0.1) is 13.8 Å². The molecule has 0 heterocycles. The van der Waals surface area contributed by atoms with Crippen molar-refractivity contribution in [2.75, 3.05) is 26.9 Å². The number of allylic oxidation sites excluding steroid dienone is 3. The molecule has 0 spiro atoms. The Kier molecular flexibility index (Phi) is 9.06. The molecular formula is C17H30N2O3. The second-order valence-electron chi connectivity index (χ2n) is 5.71. The van der Waals surface area contributed by atoms with Crippen molar-refractivity contribution in [3.63, 3.8) is 0 Å². The molecule has 0 saturated carbocycles. The molecule has 0 N–H and O–H groups in total.